The van der Waals surface area contributed by atoms with E-state index in [4.69, 9.17) is 9.84 Å². The van der Waals surface area contributed by atoms with Gasteiger partial charge in [-0.3, -0.25) is 4.79 Å². The molecule has 1 heterocycles. The first-order valence-electron chi connectivity index (χ1n) is 7.58. The molecule has 0 unspecified atom stereocenters. The molecule has 4 heteroatoms. The molecule has 1 aliphatic heterocycles. The molecule has 0 aromatic heterocycles. The molecule has 0 fully saturated rings. The highest BCUT2D eigenvalue weighted by atomic mass is 16.5. The summed E-state index contributed by atoms with van der Waals surface area (Å²) in [6.07, 6.45) is 5.06. The number of nitrogens with zero attached hydrogens (tertiary/aromatic N) is 1. The van der Waals surface area contributed by atoms with E-state index in [0.29, 0.717) is 25.3 Å². The predicted octanol–water partition coefficient (Wildman–Crippen LogP) is 2.47. The Hall–Kier alpha value is -1.81. The molecule has 0 saturated heterocycles. The number of carbonyl (C=O) groups is 1. The summed E-state index contributed by atoms with van der Waals surface area (Å²) in [4.78, 5) is 14.3. The topological polar surface area (TPSA) is 49.8 Å². The maximum Gasteiger partial charge on any atom is 0.253 e. The molecular formula is C17H23NO3. The number of aliphatic hydroxyl groups is 1. The molecular weight excluding hydrogens is 266 g/mol. The van der Waals surface area contributed by atoms with Gasteiger partial charge in [0, 0.05) is 18.7 Å². The van der Waals surface area contributed by atoms with Gasteiger partial charge in [-0.15, -0.1) is 0 Å². The zero-order valence-corrected chi connectivity index (χ0v) is 12.5. The molecule has 1 amide bonds. The lowest BCUT2D eigenvalue weighted by atomic mass is 10.1. The minimum atomic E-state index is -0.0327. The van der Waals surface area contributed by atoms with Gasteiger partial charge in [-0.25, -0.2) is 0 Å². The molecule has 4 nitrogen and oxygen atoms in total. The van der Waals surface area contributed by atoms with E-state index < -0.39 is 0 Å². The molecule has 0 saturated carbocycles. The maximum atomic E-state index is 12.6. The number of unbranched alkanes of at least 4 members (excludes halogenated alkanes) is 2. The summed E-state index contributed by atoms with van der Waals surface area (Å²) in [5.74, 6) is 0.781. The second-order valence-electron chi connectivity index (χ2n) is 5.22. The average molecular weight is 289 g/mol. The molecule has 0 atom stereocenters. The molecule has 2 rings (SSSR count). The molecule has 1 aliphatic rings. The Labute approximate surface area is 126 Å². The quantitative estimate of drug-likeness (QED) is 0.785. The van der Waals surface area contributed by atoms with E-state index in [9.17, 15) is 4.79 Å². The number of amides is 1. The van der Waals surface area contributed by atoms with Crippen LogP contribution in [0.4, 0.5) is 0 Å². The van der Waals surface area contributed by atoms with Crippen LogP contribution in [0.15, 0.2) is 29.8 Å². The first-order chi connectivity index (χ1) is 10.3. The van der Waals surface area contributed by atoms with Crippen LogP contribution in [0.2, 0.25) is 0 Å². The van der Waals surface area contributed by atoms with Crippen molar-refractivity contribution in [3.63, 3.8) is 0 Å². The van der Waals surface area contributed by atoms with Crippen molar-refractivity contribution in [3.8, 4) is 5.75 Å². The van der Waals surface area contributed by atoms with Gasteiger partial charge < -0.3 is 14.7 Å². The molecule has 1 N–H and O–H groups in total. The van der Waals surface area contributed by atoms with Crippen molar-refractivity contribution in [2.45, 2.75) is 26.2 Å². The highest BCUT2D eigenvalue weighted by Gasteiger charge is 2.21. The van der Waals surface area contributed by atoms with Crippen LogP contribution in [0.1, 0.15) is 31.7 Å². The number of carbonyl (C=O) groups excluding carboxylic acids is 1. The molecule has 0 aliphatic carbocycles. The van der Waals surface area contributed by atoms with Crippen molar-refractivity contribution < 1.29 is 14.6 Å². The van der Waals surface area contributed by atoms with Gasteiger partial charge in [0.1, 0.15) is 12.4 Å². The molecule has 21 heavy (non-hydrogen) atoms. The normalized spacial score (nSPS) is 13.1. The van der Waals surface area contributed by atoms with Crippen molar-refractivity contribution >= 4 is 12.0 Å². The second-order valence-corrected chi connectivity index (χ2v) is 5.22. The Bertz CT molecular complexity index is 511. The Morgan fingerprint density at radius 3 is 2.86 bits per heavy atom. The van der Waals surface area contributed by atoms with Crippen LogP contribution in [0, 0.1) is 0 Å². The van der Waals surface area contributed by atoms with Gasteiger partial charge in [0.15, 0.2) is 0 Å². The van der Waals surface area contributed by atoms with Crippen molar-refractivity contribution in [3.05, 3.63) is 35.4 Å². The van der Waals surface area contributed by atoms with E-state index >= 15 is 0 Å². The van der Waals surface area contributed by atoms with E-state index in [-0.39, 0.29) is 12.5 Å². The fourth-order valence-electron chi connectivity index (χ4n) is 2.43. The number of hydrogen-bond donors (Lipinski definition) is 1. The summed E-state index contributed by atoms with van der Waals surface area (Å²) in [7, 11) is 0. The largest absolute Gasteiger partial charge is 0.488 e. The molecule has 0 bridgehead atoms. The predicted molar refractivity (Wildman–Crippen MR) is 83.1 cm³/mol. The molecule has 1 aromatic rings. The third-order valence-electron chi connectivity index (χ3n) is 3.60. The van der Waals surface area contributed by atoms with Crippen LogP contribution in [0.3, 0.4) is 0 Å². The van der Waals surface area contributed by atoms with Crippen LogP contribution in [-0.4, -0.2) is 42.2 Å². The highest BCUT2D eigenvalue weighted by Crippen LogP contribution is 2.26. The SMILES string of the molecule is CCCCCN(CCO)C(=O)C1=Cc2ccccc2OC1. The second kappa shape index (κ2) is 7.84. The first-order valence-corrected chi connectivity index (χ1v) is 7.58. The number of rotatable bonds is 7. The van der Waals surface area contributed by atoms with Crippen LogP contribution >= 0.6 is 0 Å². The zero-order chi connectivity index (χ0) is 15.1. The Morgan fingerprint density at radius 2 is 2.10 bits per heavy atom. The lowest BCUT2D eigenvalue weighted by Gasteiger charge is -2.25. The third kappa shape index (κ3) is 4.08. The van der Waals surface area contributed by atoms with E-state index in [1.165, 1.54) is 0 Å². The summed E-state index contributed by atoms with van der Waals surface area (Å²) in [5, 5.41) is 9.15. The van der Waals surface area contributed by atoms with E-state index in [0.717, 1.165) is 30.6 Å². The van der Waals surface area contributed by atoms with E-state index in [2.05, 4.69) is 6.92 Å². The van der Waals surface area contributed by atoms with Crippen molar-refractivity contribution in [1.29, 1.82) is 0 Å². The fraction of sp³-hybridized carbons (Fsp3) is 0.471. The highest BCUT2D eigenvalue weighted by molar-refractivity contribution is 5.99. The van der Waals surface area contributed by atoms with Crippen molar-refractivity contribution in [2.75, 3.05) is 26.3 Å². The lowest BCUT2D eigenvalue weighted by Crippen LogP contribution is -2.37. The van der Waals surface area contributed by atoms with Crippen molar-refractivity contribution in [2.24, 2.45) is 0 Å². The lowest BCUT2D eigenvalue weighted by molar-refractivity contribution is -0.128. The summed E-state index contributed by atoms with van der Waals surface area (Å²) >= 11 is 0. The number of aliphatic hydroxyl groups excluding tert-OH is 1. The summed E-state index contributed by atoms with van der Waals surface area (Å²) in [6, 6.07) is 7.69. The van der Waals surface area contributed by atoms with Gasteiger partial charge >= 0.3 is 0 Å². The number of para-hydroxylation sites is 1. The summed E-state index contributed by atoms with van der Waals surface area (Å²) in [5.41, 5.74) is 1.59. The van der Waals surface area contributed by atoms with Crippen LogP contribution in [0.5, 0.6) is 5.75 Å². The number of hydrogen-bond acceptors (Lipinski definition) is 3. The summed E-state index contributed by atoms with van der Waals surface area (Å²) < 4.78 is 5.63. The Kier molecular flexibility index (Phi) is 5.81. The minimum absolute atomic E-state index is 0.0113. The molecule has 0 radical (unpaired) electrons. The fourth-order valence-corrected chi connectivity index (χ4v) is 2.43. The zero-order valence-electron chi connectivity index (χ0n) is 12.5. The number of fused-ring (bicyclic) bond motifs is 1. The Balaban J connectivity index is 2.08. The molecule has 0 spiro atoms. The van der Waals surface area contributed by atoms with Gasteiger partial charge in [0.25, 0.3) is 5.91 Å². The Morgan fingerprint density at radius 1 is 1.29 bits per heavy atom. The van der Waals surface area contributed by atoms with E-state index in [1.807, 2.05) is 30.3 Å². The molecule has 114 valence electrons. The summed E-state index contributed by atoms with van der Waals surface area (Å²) in [6.45, 7) is 3.48. The standard InChI is InChI=1S/C17H23NO3/c1-2-3-6-9-18(10-11-19)17(20)15-12-14-7-4-5-8-16(14)21-13-15/h4-5,7-8,12,19H,2-3,6,9-11,13H2,1H3. The van der Waals surface area contributed by atoms with Gasteiger partial charge in [-0.1, -0.05) is 38.0 Å². The van der Waals surface area contributed by atoms with Crippen molar-refractivity contribution in [1.82, 2.24) is 4.90 Å². The molecule has 1 aromatic carbocycles. The van der Waals surface area contributed by atoms with Gasteiger partial charge in [0.2, 0.25) is 0 Å². The minimum Gasteiger partial charge on any atom is -0.488 e. The van der Waals surface area contributed by atoms with Crippen LogP contribution < -0.4 is 4.74 Å². The van der Waals surface area contributed by atoms with Gasteiger partial charge in [0.05, 0.1) is 12.2 Å². The average Bonchev–Trinajstić information content (AvgIpc) is 2.53. The monoisotopic (exact) mass is 289 g/mol. The van der Waals surface area contributed by atoms with Gasteiger partial charge in [-0.05, 0) is 18.6 Å². The third-order valence-corrected chi connectivity index (χ3v) is 3.60. The number of ether oxygens (including phenoxy) is 1. The van der Waals surface area contributed by atoms with E-state index in [1.54, 1.807) is 4.90 Å². The smallest absolute Gasteiger partial charge is 0.253 e. The maximum absolute atomic E-state index is 12.6. The number of benzene rings is 1. The first kappa shape index (κ1) is 15.6. The van der Waals surface area contributed by atoms with Crippen LogP contribution in [-0.2, 0) is 4.79 Å². The van der Waals surface area contributed by atoms with Crippen LogP contribution in [0.25, 0.3) is 6.08 Å². The van der Waals surface area contributed by atoms with Gasteiger partial charge in [-0.2, -0.15) is 0 Å².